The van der Waals surface area contributed by atoms with Crippen LogP contribution in [0, 0.1) is 6.92 Å². The third-order valence-corrected chi connectivity index (χ3v) is 7.01. The lowest BCUT2D eigenvalue weighted by molar-refractivity contribution is 0.463. The lowest BCUT2D eigenvalue weighted by Gasteiger charge is -2.16. The molecule has 2 heterocycles. The first-order chi connectivity index (χ1) is 8.91. The van der Waals surface area contributed by atoms with Crippen molar-refractivity contribution >= 4 is 37.3 Å². The number of hydrogen-bond acceptors (Lipinski definition) is 4. The van der Waals surface area contributed by atoms with Gasteiger partial charge in [-0.25, -0.2) is 8.42 Å². The summed E-state index contributed by atoms with van der Waals surface area (Å²) in [4.78, 5) is 4.32. The van der Waals surface area contributed by atoms with E-state index in [4.69, 9.17) is 0 Å². The van der Waals surface area contributed by atoms with Crippen molar-refractivity contribution in [3.05, 3.63) is 45.5 Å². The van der Waals surface area contributed by atoms with Gasteiger partial charge >= 0.3 is 0 Å². The molecular formula is C12H13BrN2O2S2. The Morgan fingerprint density at radius 2 is 2.11 bits per heavy atom. The van der Waals surface area contributed by atoms with E-state index in [1.807, 2.05) is 25.1 Å². The zero-order valence-corrected chi connectivity index (χ0v) is 13.7. The fourth-order valence-electron chi connectivity index (χ4n) is 1.61. The standard InChI is InChI=1S/C12H13BrN2O2S2/c1-9-4-3-5-10(14-9)8-15(2)19(16,17)12-11(13)6-7-18-12/h3-7H,8H2,1-2H3. The van der Waals surface area contributed by atoms with Crippen molar-refractivity contribution in [2.24, 2.45) is 0 Å². The first-order valence-corrected chi connectivity index (χ1v) is 8.64. The van der Waals surface area contributed by atoms with Crippen LogP contribution in [0.2, 0.25) is 0 Å². The van der Waals surface area contributed by atoms with Gasteiger partial charge < -0.3 is 0 Å². The molecular weight excluding hydrogens is 348 g/mol. The summed E-state index contributed by atoms with van der Waals surface area (Å²) < 4.78 is 27.0. The van der Waals surface area contributed by atoms with E-state index in [1.54, 1.807) is 18.5 Å². The van der Waals surface area contributed by atoms with Crippen LogP contribution in [-0.2, 0) is 16.6 Å². The van der Waals surface area contributed by atoms with Crippen LogP contribution in [0.3, 0.4) is 0 Å². The average Bonchev–Trinajstić information content (AvgIpc) is 2.76. The molecule has 0 aliphatic carbocycles. The first kappa shape index (κ1) is 14.6. The molecule has 0 bridgehead atoms. The van der Waals surface area contributed by atoms with Crippen molar-refractivity contribution in [2.45, 2.75) is 17.7 Å². The van der Waals surface area contributed by atoms with Gasteiger partial charge in [0.15, 0.2) is 0 Å². The topological polar surface area (TPSA) is 50.3 Å². The van der Waals surface area contributed by atoms with Crippen molar-refractivity contribution in [2.75, 3.05) is 7.05 Å². The zero-order chi connectivity index (χ0) is 14.0. The molecule has 2 aromatic heterocycles. The second-order valence-electron chi connectivity index (χ2n) is 4.09. The van der Waals surface area contributed by atoms with Gasteiger partial charge in [0, 0.05) is 17.2 Å². The van der Waals surface area contributed by atoms with Crippen LogP contribution in [0.15, 0.2) is 38.3 Å². The lowest BCUT2D eigenvalue weighted by Crippen LogP contribution is -2.26. The monoisotopic (exact) mass is 360 g/mol. The van der Waals surface area contributed by atoms with Crippen LogP contribution >= 0.6 is 27.3 Å². The quantitative estimate of drug-likeness (QED) is 0.841. The molecule has 0 fully saturated rings. The second-order valence-corrected chi connectivity index (χ2v) is 8.10. The number of pyridine rings is 1. The highest BCUT2D eigenvalue weighted by Crippen LogP contribution is 2.30. The molecule has 2 rings (SSSR count). The Balaban J connectivity index is 2.25. The summed E-state index contributed by atoms with van der Waals surface area (Å²) in [7, 11) is -1.91. The minimum absolute atomic E-state index is 0.258. The second kappa shape index (κ2) is 5.70. The van der Waals surface area contributed by atoms with Crippen molar-refractivity contribution in [1.82, 2.24) is 9.29 Å². The number of hydrogen-bond donors (Lipinski definition) is 0. The summed E-state index contributed by atoms with van der Waals surface area (Å²) in [5, 5.41) is 1.75. The normalized spacial score (nSPS) is 12.0. The summed E-state index contributed by atoms with van der Waals surface area (Å²) in [6, 6.07) is 7.31. The molecule has 19 heavy (non-hydrogen) atoms. The maximum atomic E-state index is 12.4. The molecule has 2 aromatic rings. The predicted molar refractivity (Wildman–Crippen MR) is 79.6 cm³/mol. The third-order valence-electron chi connectivity index (χ3n) is 2.56. The van der Waals surface area contributed by atoms with Crippen LogP contribution in [0.25, 0.3) is 0 Å². The summed E-state index contributed by atoms with van der Waals surface area (Å²) in [6.07, 6.45) is 0. The van der Waals surface area contributed by atoms with E-state index in [1.165, 1.54) is 15.6 Å². The van der Waals surface area contributed by atoms with Gasteiger partial charge in [0.25, 0.3) is 10.0 Å². The number of sulfonamides is 1. The smallest absolute Gasteiger partial charge is 0.253 e. The molecule has 0 saturated carbocycles. The summed E-state index contributed by atoms with van der Waals surface area (Å²) in [5.41, 5.74) is 1.61. The Hall–Kier alpha value is -0.760. The minimum Gasteiger partial charge on any atom is -0.257 e. The molecule has 102 valence electrons. The van der Waals surface area contributed by atoms with Gasteiger partial charge in [-0.2, -0.15) is 4.31 Å². The SMILES string of the molecule is Cc1cccc(CN(C)S(=O)(=O)c2sccc2Br)n1. The van der Waals surface area contributed by atoms with E-state index in [2.05, 4.69) is 20.9 Å². The van der Waals surface area contributed by atoms with Gasteiger partial charge in [0.1, 0.15) is 4.21 Å². The van der Waals surface area contributed by atoms with Crippen LogP contribution < -0.4 is 0 Å². The highest BCUT2D eigenvalue weighted by atomic mass is 79.9. The number of rotatable bonds is 4. The number of thiophene rings is 1. The summed E-state index contributed by atoms with van der Waals surface area (Å²) in [6.45, 7) is 2.14. The van der Waals surface area contributed by atoms with Crippen molar-refractivity contribution in [3.8, 4) is 0 Å². The van der Waals surface area contributed by atoms with Gasteiger partial charge in [0.05, 0.1) is 12.2 Å². The molecule has 0 unspecified atom stereocenters. The molecule has 0 saturated heterocycles. The largest absolute Gasteiger partial charge is 0.257 e. The van der Waals surface area contributed by atoms with Gasteiger partial charge in [-0.3, -0.25) is 4.98 Å². The van der Waals surface area contributed by atoms with Gasteiger partial charge in [0.2, 0.25) is 0 Å². The molecule has 0 aliphatic rings. The Bertz CT molecular complexity index is 683. The van der Waals surface area contributed by atoms with Gasteiger partial charge in [-0.05, 0) is 46.4 Å². The molecule has 0 aromatic carbocycles. The van der Waals surface area contributed by atoms with Crippen LogP contribution in [0.1, 0.15) is 11.4 Å². The molecule has 0 amide bonds. The molecule has 0 radical (unpaired) electrons. The van der Waals surface area contributed by atoms with E-state index in [0.29, 0.717) is 8.68 Å². The maximum absolute atomic E-state index is 12.4. The van der Waals surface area contributed by atoms with E-state index in [0.717, 1.165) is 11.4 Å². The van der Waals surface area contributed by atoms with Crippen molar-refractivity contribution in [1.29, 1.82) is 0 Å². The fourth-order valence-corrected chi connectivity index (χ4v) is 5.25. The molecule has 4 nitrogen and oxygen atoms in total. The fraction of sp³-hybridized carbons (Fsp3) is 0.250. The predicted octanol–water partition coefficient (Wildman–Crippen LogP) is 3.03. The van der Waals surface area contributed by atoms with E-state index in [9.17, 15) is 8.42 Å². The number of aryl methyl sites for hydroxylation is 1. The van der Waals surface area contributed by atoms with E-state index < -0.39 is 10.0 Å². The van der Waals surface area contributed by atoms with Crippen molar-refractivity contribution in [3.63, 3.8) is 0 Å². The zero-order valence-electron chi connectivity index (χ0n) is 10.5. The summed E-state index contributed by atoms with van der Waals surface area (Å²) in [5.74, 6) is 0. The van der Waals surface area contributed by atoms with Gasteiger partial charge in [-0.1, -0.05) is 6.07 Å². The maximum Gasteiger partial charge on any atom is 0.253 e. The summed E-state index contributed by atoms with van der Waals surface area (Å²) >= 11 is 4.46. The van der Waals surface area contributed by atoms with Crippen LogP contribution in [0.5, 0.6) is 0 Å². The van der Waals surface area contributed by atoms with Crippen LogP contribution in [-0.4, -0.2) is 24.8 Å². The molecule has 0 N–H and O–H groups in total. The number of aromatic nitrogens is 1. The number of nitrogens with zero attached hydrogens (tertiary/aromatic N) is 2. The Kier molecular flexibility index (Phi) is 4.39. The lowest BCUT2D eigenvalue weighted by atomic mass is 10.3. The molecule has 0 atom stereocenters. The number of halogens is 1. The molecule has 0 aliphatic heterocycles. The van der Waals surface area contributed by atoms with Crippen molar-refractivity contribution < 1.29 is 8.42 Å². The third kappa shape index (κ3) is 3.22. The average molecular weight is 361 g/mol. The Morgan fingerprint density at radius 3 is 2.68 bits per heavy atom. The van der Waals surface area contributed by atoms with E-state index >= 15 is 0 Å². The Morgan fingerprint density at radius 1 is 1.37 bits per heavy atom. The molecule has 7 heteroatoms. The van der Waals surface area contributed by atoms with E-state index in [-0.39, 0.29) is 6.54 Å². The molecule has 0 spiro atoms. The Labute approximate surface area is 125 Å². The first-order valence-electron chi connectivity index (χ1n) is 5.53. The highest BCUT2D eigenvalue weighted by Gasteiger charge is 2.25. The minimum atomic E-state index is -3.47. The van der Waals surface area contributed by atoms with Crippen LogP contribution in [0.4, 0.5) is 0 Å². The van der Waals surface area contributed by atoms with Gasteiger partial charge in [-0.15, -0.1) is 11.3 Å². The highest BCUT2D eigenvalue weighted by molar-refractivity contribution is 9.10.